The second kappa shape index (κ2) is 8.26. The minimum Gasteiger partial charge on any atom is -0.508 e. The molecule has 1 aliphatic heterocycles. The van der Waals surface area contributed by atoms with Gasteiger partial charge in [0.2, 0.25) is 0 Å². The summed E-state index contributed by atoms with van der Waals surface area (Å²) in [6.07, 6.45) is 1.89. The third-order valence-electron chi connectivity index (χ3n) is 5.12. The number of phenols is 1. The average molecular weight is 353 g/mol. The van der Waals surface area contributed by atoms with Crippen LogP contribution in [0.5, 0.6) is 11.5 Å². The molecule has 26 heavy (non-hydrogen) atoms. The predicted octanol–water partition coefficient (Wildman–Crippen LogP) is 4.30. The molecule has 0 saturated carbocycles. The van der Waals surface area contributed by atoms with Crippen LogP contribution in [-0.4, -0.2) is 35.6 Å². The number of carbonyl (C=O) groups excluding carboxylic acids is 1. The van der Waals surface area contributed by atoms with Crippen molar-refractivity contribution < 1.29 is 14.6 Å². The van der Waals surface area contributed by atoms with Gasteiger partial charge in [0.15, 0.2) is 6.61 Å². The Morgan fingerprint density at radius 1 is 1.08 bits per heavy atom. The quantitative estimate of drug-likeness (QED) is 0.872. The molecule has 0 spiro atoms. The molecule has 4 nitrogen and oxygen atoms in total. The van der Waals surface area contributed by atoms with Crippen LogP contribution in [0.4, 0.5) is 0 Å². The highest BCUT2D eigenvalue weighted by Gasteiger charge is 2.24. The van der Waals surface area contributed by atoms with Crippen LogP contribution in [-0.2, 0) is 4.79 Å². The fraction of sp³-hybridized carbons (Fsp3) is 0.409. The smallest absolute Gasteiger partial charge is 0.260 e. The first-order valence-corrected chi connectivity index (χ1v) is 9.32. The number of phenolic OH excluding ortho intramolecular Hbond substituents is 1. The SMILES string of the molecule is CC(C)c1ccc(OCC(=O)N2CCC(c3ccc(O)cc3)CC2)cc1. The molecule has 1 saturated heterocycles. The minimum atomic E-state index is 0.0436. The van der Waals surface area contributed by atoms with Crippen molar-refractivity contribution in [2.75, 3.05) is 19.7 Å². The van der Waals surface area contributed by atoms with Gasteiger partial charge in [0, 0.05) is 13.1 Å². The molecule has 1 aliphatic rings. The number of aromatic hydroxyl groups is 1. The number of hydrogen-bond acceptors (Lipinski definition) is 3. The van der Waals surface area contributed by atoms with E-state index in [1.165, 1.54) is 11.1 Å². The number of benzene rings is 2. The van der Waals surface area contributed by atoms with Gasteiger partial charge in [-0.25, -0.2) is 0 Å². The van der Waals surface area contributed by atoms with Crippen LogP contribution < -0.4 is 4.74 Å². The van der Waals surface area contributed by atoms with Crippen LogP contribution in [0.1, 0.15) is 49.7 Å². The molecular weight excluding hydrogens is 326 g/mol. The van der Waals surface area contributed by atoms with E-state index in [1.807, 2.05) is 41.3 Å². The van der Waals surface area contributed by atoms with Crippen molar-refractivity contribution in [3.8, 4) is 11.5 Å². The Morgan fingerprint density at radius 2 is 1.69 bits per heavy atom. The van der Waals surface area contributed by atoms with Gasteiger partial charge in [-0.05, 0) is 60.1 Å². The lowest BCUT2D eigenvalue weighted by Gasteiger charge is -2.32. The summed E-state index contributed by atoms with van der Waals surface area (Å²) in [6.45, 7) is 5.90. The van der Waals surface area contributed by atoms with Crippen molar-refractivity contribution in [2.45, 2.75) is 38.5 Å². The van der Waals surface area contributed by atoms with E-state index < -0.39 is 0 Å². The Balaban J connectivity index is 1.47. The maximum absolute atomic E-state index is 12.4. The monoisotopic (exact) mass is 353 g/mol. The van der Waals surface area contributed by atoms with Crippen LogP contribution in [0.3, 0.4) is 0 Å². The highest BCUT2D eigenvalue weighted by Crippen LogP contribution is 2.29. The predicted molar refractivity (Wildman–Crippen MR) is 103 cm³/mol. The zero-order chi connectivity index (χ0) is 18.5. The van der Waals surface area contributed by atoms with E-state index in [4.69, 9.17) is 4.74 Å². The van der Waals surface area contributed by atoms with Gasteiger partial charge >= 0.3 is 0 Å². The molecule has 1 N–H and O–H groups in total. The molecule has 138 valence electrons. The highest BCUT2D eigenvalue weighted by atomic mass is 16.5. The van der Waals surface area contributed by atoms with Crippen molar-refractivity contribution >= 4 is 5.91 Å². The first-order chi connectivity index (χ1) is 12.5. The van der Waals surface area contributed by atoms with Gasteiger partial charge in [-0.2, -0.15) is 0 Å². The number of hydrogen-bond donors (Lipinski definition) is 1. The van der Waals surface area contributed by atoms with Crippen LogP contribution in [0, 0.1) is 0 Å². The fourth-order valence-corrected chi connectivity index (χ4v) is 3.39. The summed E-state index contributed by atoms with van der Waals surface area (Å²) in [7, 11) is 0. The van der Waals surface area contributed by atoms with Gasteiger partial charge in [-0.15, -0.1) is 0 Å². The number of nitrogens with zero attached hydrogens (tertiary/aromatic N) is 1. The summed E-state index contributed by atoms with van der Waals surface area (Å²) >= 11 is 0. The van der Waals surface area contributed by atoms with E-state index in [9.17, 15) is 9.90 Å². The molecule has 0 aromatic heterocycles. The number of likely N-dealkylation sites (tertiary alicyclic amines) is 1. The van der Waals surface area contributed by atoms with Gasteiger partial charge in [-0.3, -0.25) is 4.79 Å². The molecule has 4 heteroatoms. The topological polar surface area (TPSA) is 49.8 Å². The van der Waals surface area contributed by atoms with Gasteiger partial charge < -0.3 is 14.7 Å². The van der Waals surface area contributed by atoms with Crippen LogP contribution in [0.25, 0.3) is 0 Å². The Labute approximate surface area is 155 Å². The number of carbonyl (C=O) groups is 1. The number of piperidine rings is 1. The standard InChI is InChI=1S/C22H27NO3/c1-16(2)17-5-9-21(10-6-17)26-15-22(25)23-13-11-19(12-14-23)18-3-7-20(24)8-4-18/h3-10,16,19,24H,11-15H2,1-2H3. The fourth-order valence-electron chi connectivity index (χ4n) is 3.39. The maximum atomic E-state index is 12.4. The van der Waals surface area contributed by atoms with E-state index in [0.717, 1.165) is 31.7 Å². The average Bonchev–Trinajstić information content (AvgIpc) is 2.67. The molecule has 0 bridgehead atoms. The second-order valence-corrected chi connectivity index (χ2v) is 7.26. The Morgan fingerprint density at radius 3 is 2.27 bits per heavy atom. The lowest BCUT2D eigenvalue weighted by Crippen LogP contribution is -2.40. The normalized spacial score (nSPS) is 15.3. The van der Waals surface area contributed by atoms with Crippen molar-refractivity contribution in [1.82, 2.24) is 4.90 Å². The molecule has 0 atom stereocenters. The number of amides is 1. The summed E-state index contributed by atoms with van der Waals surface area (Å²) in [5, 5.41) is 9.40. The van der Waals surface area contributed by atoms with Gasteiger partial charge in [-0.1, -0.05) is 38.1 Å². The van der Waals surface area contributed by atoms with E-state index in [2.05, 4.69) is 13.8 Å². The molecule has 0 aliphatic carbocycles. The molecular formula is C22H27NO3. The Hall–Kier alpha value is -2.49. The van der Waals surface area contributed by atoms with E-state index in [-0.39, 0.29) is 12.5 Å². The van der Waals surface area contributed by atoms with Crippen LogP contribution in [0.15, 0.2) is 48.5 Å². The summed E-state index contributed by atoms with van der Waals surface area (Å²) in [6, 6.07) is 15.4. The lowest BCUT2D eigenvalue weighted by atomic mass is 9.89. The lowest BCUT2D eigenvalue weighted by molar-refractivity contribution is -0.134. The van der Waals surface area contributed by atoms with Crippen molar-refractivity contribution in [2.24, 2.45) is 0 Å². The second-order valence-electron chi connectivity index (χ2n) is 7.26. The summed E-state index contributed by atoms with van der Waals surface area (Å²) < 4.78 is 5.66. The van der Waals surface area contributed by atoms with Crippen molar-refractivity contribution in [1.29, 1.82) is 0 Å². The molecule has 0 unspecified atom stereocenters. The Bertz CT molecular complexity index is 714. The minimum absolute atomic E-state index is 0.0436. The maximum Gasteiger partial charge on any atom is 0.260 e. The van der Waals surface area contributed by atoms with Crippen molar-refractivity contribution in [3.05, 3.63) is 59.7 Å². The molecule has 2 aromatic carbocycles. The summed E-state index contributed by atoms with van der Waals surface area (Å²) in [5.41, 5.74) is 2.50. The van der Waals surface area contributed by atoms with Gasteiger partial charge in [0.1, 0.15) is 11.5 Å². The largest absolute Gasteiger partial charge is 0.508 e. The molecule has 3 rings (SSSR count). The van der Waals surface area contributed by atoms with E-state index in [1.54, 1.807) is 12.1 Å². The third-order valence-corrected chi connectivity index (χ3v) is 5.12. The summed E-state index contributed by atoms with van der Waals surface area (Å²) in [5.74, 6) is 2.01. The number of ether oxygens (including phenoxy) is 1. The molecule has 0 radical (unpaired) electrons. The molecule has 1 amide bonds. The van der Waals surface area contributed by atoms with Gasteiger partial charge in [0.05, 0.1) is 0 Å². The van der Waals surface area contributed by atoms with E-state index >= 15 is 0 Å². The first-order valence-electron chi connectivity index (χ1n) is 9.32. The third kappa shape index (κ3) is 4.57. The highest BCUT2D eigenvalue weighted by molar-refractivity contribution is 5.77. The van der Waals surface area contributed by atoms with Crippen LogP contribution in [0.2, 0.25) is 0 Å². The molecule has 1 heterocycles. The first kappa shape index (κ1) is 18.3. The molecule has 2 aromatic rings. The van der Waals surface area contributed by atoms with E-state index in [0.29, 0.717) is 17.6 Å². The Kier molecular flexibility index (Phi) is 5.82. The van der Waals surface area contributed by atoms with Crippen molar-refractivity contribution in [3.63, 3.8) is 0 Å². The number of rotatable bonds is 5. The zero-order valence-electron chi connectivity index (χ0n) is 15.5. The van der Waals surface area contributed by atoms with Gasteiger partial charge in [0.25, 0.3) is 5.91 Å². The van der Waals surface area contributed by atoms with Crippen LogP contribution >= 0.6 is 0 Å². The summed E-state index contributed by atoms with van der Waals surface area (Å²) in [4.78, 5) is 14.3. The molecule has 1 fully saturated rings. The zero-order valence-corrected chi connectivity index (χ0v) is 15.5.